The maximum atomic E-state index is 12.8. The van der Waals surface area contributed by atoms with E-state index in [-0.39, 0.29) is 6.03 Å². The summed E-state index contributed by atoms with van der Waals surface area (Å²) >= 11 is 0. The lowest BCUT2D eigenvalue weighted by atomic mass is 10.1. The van der Waals surface area contributed by atoms with Crippen molar-refractivity contribution in [1.82, 2.24) is 15.2 Å². The second-order valence-electron chi connectivity index (χ2n) is 8.41. The predicted molar refractivity (Wildman–Crippen MR) is 127 cm³/mol. The van der Waals surface area contributed by atoms with Gasteiger partial charge in [-0.15, -0.1) is 0 Å². The van der Waals surface area contributed by atoms with E-state index in [1.807, 2.05) is 18.2 Å². The summed E-state index contributed by atoms with van der Waals surface area (Å²) in [6.45, 7) is 3.34. The molecule has 3 aromatic rings. The first-order valence-electron chi connectivity index (χ1n) is 11.4. The summed E-state index contributed by atoms with van der Waals surface area (Å²) in [7, 11) is 1.59. The summed E-state index contributed by atoms with van der Waals surface area (Å²) in [5, 5.41) is 12.4. The number of aliphatic hydroxyl groups excluding tert-OH is 1. The van der Waals surface area contributed by atoms with Crippen LogP contribution in [0.3, 0.4) is 0 Å². The first kappa shape index (κ1) is 25.4. The molecule has 1 aliphatic rings. The molecule has 0 aliphatic carbocycles. The zero-order valence-electron chi connectivity index (χ0n) is 19.9. The minimum absolute atomic E-state index is 0.387. The molecule has 1 aliphatic heterocycles. The van der Waals surface area contributed by atoms with Crippen molar-refractivity contribution in [3.8, 4) is 17.1 Å². The third kappa shape index (κ3) is 5.56. The minimum atomic E-state index is -4.45. The molecule has 0 bridgehead atoms. The number of halogens is 3. The molecule has 1 aromatic heterocycles. The molecule has 1 fully saturated rings. The number of aromatic nitrogens is 1. The van der Waals surface area contributed by atoms with E-state index < -0.39 is 24.4 Å². The van der Waals surface area contributed by atoms with Crippen LogP contribution < -0.4 is 15.0 Å². The summed E-state index contributed by atoms with van der Waals surface area (Å²) < 4.78 is 49.6. The Morgan fingerprint density at radius 1 is 1.17 bits per heavy atom. The van der Waals surface area contributed by atoms with Gasteiger partial charge in [0.2, 0.25) is 0 Å². The van der Waals surface area contributed by atoms with Crippen LogP contribution in [-0.4, -0.2) is 60.9 Å². The van der Waals surface area contributed by atoms with Crippen molar-refractivity contribution in [3.05, 3.63) is 65.7 Å². The molecule has 192 valence electrons. The highest BCUT2D eigenvalue weighted by molar-refractivity contribution is 5.75. The number of hydrogen-bond donors (Lipinski definition) is 2. The highest BCUT2D eigenvalue weighted by Gasteiger charge is 2.30. The van der Waals surface area contributed by atoms with Gasteiger partial charge in [0.1, 0.15) is 5.75 Å². The molecule has 1 saturated heterocycles. The van der Waals surface area contributed by atoms with Crippen molar-refractivity contribution in [2.24, 2.45) is 0 Å². The van der Waals surface area contributed by atoms with Gasteiger partial charge in [-0.25, -0.2) is 9.78 Å². The fraction of sp³-hybridized carbons (Fsp3) is 0.360. The molecule has 0 saturated carbocycles. The van der Waals surface area contributed by atoms with Crippen LogP contribution in [-0.2, 0) is 6.18 Å². The Labute approximate surface area is 206 Å². The molecule has 2 amide bonds. The number of anilines is 1. The molecule has 2 heterocycles. The van der Waals surface area contributed by atoms with E-state index >= 15 is 0 Å². The minimum Gasteiger partial charge on any atom is -0.496 e. The molecule has 0 spiro atoms. The zero-order valence-corrected chi connectivity index (χ0v) is 19.9. The molecule has 2 aromatic carbocycles. The average Bonchev–Trinajstić information content (AvgIpc) is 3.32. The molecule has 1 unspecified atom stereocenters. The summed E-state index contributed by atoms with van der Waals surface area (Å²) in [5.41, 5.74) is 1.33. The molecule has 4 rings (SSSR count). The number of nitrogens with zero attached hydrogens (tertiary/aromatic N) is 3. The molecule has 8 nitrogen and oxygen atoms in total. The molecule has 2 N–H and O–H groups in total. The second-order valence-corrected chi connectivity index (χ2v) is 8.41. The maximum Gasteiger partial charge on any atom is 0.416 e. The van der Waals surface area contributed by atoms with Gasteiger partial charge in [0.15, 0.2) is 11.7 Å². The van der Waals surface area contributed by atoms with Crippen molar-refractivity contribution >= 4 is 11.7 Å². The van der Waals surface area contributed by atoms with Crippen LogP contribution in [0.5, 0.6) is 5.75 Å². The number of carbonyl (C=O) groups is 1. The maximum absolute atomic E-state index is 12.8. The molecule has 1 atom stereocenters. The second kappa shape index (κ2) is 10.5. The molecular weight excluding hydrogens is 477 g/mol. The highest BCUT2D eigenvalue weighted by Crippen LogP contribution is 2.34. The van der Waals surface area contributed by atoms with Gasteiger partial charge in [-0.2, -0.15) is 13.2 Å². The smallest absolute Gasteiger partial charge is 0.416 e. The Morgan fingerprint density at radius 3 is 2.42 bits per heavy atom. The predicted octanol–water partition coefficient (Wildman–Crippen LogP) is 4.24. The zero-order chi connectivity index (χ0) is 25.9. The summed E-state index contributed by atoms with van der Waals surface area (Å²) in [6.07, 6.45) is -2.80. The van der Waals surface area contributed by atoms with E-state index in [9.17, 15) is 23.1 Å². The van der Waals surface area contributed by atoms with E-state index in [1.165, 1.54) is 12.1 Å². The lowest BCUT2D eigenvalue weighted by Gasteiger charge is -2.37. The number of rotatable bonds is 6. The van der Waals surface area contributed by atoms with E-state index in [0.29, 0.717) is 49.1 Å². The number of benzene rings is 2. The number of hydrogen-bond acceptors (Lipinski definition) is 6. The normalized spacial score (nSPS) is 15.1. The van der Waals surface area contributed by atoms with Gasteiger partial charge in [0.05, 0.1) is 37.1 Å². The summed E-state index contributed by atoms with van der Waals surface area (Å²) in [4.78, 5) is 20.7. The van der Waals surface area contributed by atoms with Gasteiger partial charge in [-0.3, -0.25) is 0 Å². The highest BCUT2D eigenvalue weighted by atomic mass is 19.4. The van der Waals surface area contributed by atoms with Gasteiger partial charge in [0, 0.05) is 44.9 Å². The Balaban J connectivity index is 1.37. The molecule has 36 heavy (non-hydrogen) atoms. The lowest BCUT2D eigenvalue weighted by Crippen LogP contribution is -2.52. The number of ether oxygens (including phenoxy) is 1. The van der Waals surface area contributed by atoms with Crippen LogP contribution in [0.25, 0.3) is 11.3 Å². The van der Waals surface area contributed by atoms with Crippen molar-refractivity contribution in [3.63, 3.8) is 0 Å². The summed E-state index contributed by atoms with van der Waals surface area (Å²) in [5.74, 6) is 1.82. The number of aryl methyl sites for hydroxylation is 1. The van der Waals surface area contributed by atoms with Crippen LogP contribution in [0.4, 0.5) is 23.7 Å². The number of urea groups is 1. The van der Waals surface area contributed by atoms with Crippen molar-refractivity contribution < 1.29 is 32.2 Å². The lowest BCUT2D eigenvalue weighted by molar-refractivity contribution is -0.137. The van der Waals surface area contributed by atoms with Crippen LogP contribution in [0.1, 0.15) is 23.1 Å². The Kier molecular flexibility index (Phi) is 7.39. The van der Waals surface area contributed by atoms with Gasteiger partial charge < -0.3 is 29.4 Å². The number of aliphatic hydroxyl groups is 1. The van der Waals surface area contributed by atoms with Crippen LogP contribution >= 0.6 is 0 Å². The van der Waals surface area contributed by atoms with Gasteiger partial charge in [-0.05, 0) is 29.8 Å². The first-order valence-corrected chi connectivity index (χ1v) is 11.4. The molecule has 11 heteroatoms. The SMILES string of the molecule is COc1cc(N2CCN(C(=O)NC(CO)c3ccc(C(F)(F)F)cc3)CC2)ccc1-c1cnc(C)o1. The molecular formula is C25H27F3N4O4. The fourth-order valence-electron chi connectivity index (χ4n) is 4.11. The van der Waals surface area contributed by atoms with Gasteiger partial charge >= 0.3 is 12.2 Å². The van der Waals surface area contributed by atoms with Crippen molar-refractivity contribution in [1.29, 1.82) is 0 Å². The van der Waals surface area contributed by atoms with E-state index in [0.717, 1.165) is 23.4 Å². The Morgan fingerprint density at radius 2 is 1.86 bits per heavy atom. The quantitative estimate of drug-likeness (QED) is 0.522. The third-order valence-corrected chi connectivity index (χ3v) is 6.12. The van der Waals surface area contributed by atoms with Crippen molar-refractivity contribution in [2.75, 3.05) is 44.8 Å². The number of alkyl halides is 3. The van der Waals surface area contributed by atoms with Crippen molar-refractivity contribution in [2.45, 2.75) is 19.1 Å². The Bertz CT molecular complexity index is 1190. The monoisotopic (exact) mass is 504 g/mol. The van der Waals surface area contributed by atoms with Crippen LogP contribution in [0, 0.1) is 6.92 Å². The number of methoxy groups -OCH3 is 1. The topological polar surface area (TPSA) is 91.1 Å². The van der Waals surface area contributed by atoms with Gasteiger partial charge in [-0.1, -0.05) is 12.1 Å². The number of piperazine rings is 1. The van der Waals surface area contributed by atoms with E-state index in [2.05, 4.69) is 15.2 Å². The van der Waals surface area contributed by atoms with Crippen LogP contribution in [0.2, 0.25) is 0 Å². The standard InChI is InChI=1S/C25H27F3N4O4/c1-16-29-14-23(36-16)20-8-7-19(13-22(20)35-2)31-9-11-32(12-10-31)24(34)30-21(15-33)17-3-5-18(6-4-17)25(26,27)28/h3-8,13-14,21,33H,9-12,15H2,1-2H3,(H,30,34). The van der Waals surface area contributed by atoms with E-state index in [4.69, 9.17) is 9.15 Å². The number of carbonyl (C=O) groups excluding carboxylic acids is 1. The largest absolute Gasteiger partial charge is 0.496 e. The Hall–Kier alpha value is -3.73. The number of oxazole rings is 1. The van der Waals surface area contributed by atoms with Gasteiger partial charge in [0.25, 0.3) is 0 Å². The average molecular weight is 505 g/mol. The molecule has 0 radical (unpaired) electrons. The van der Waals surface area contributed by atoms with E-state index in [1.54, 1.807) is 25.1 Å². The van der Waals surface area contributed by atoms with Crippen LogP contribution in [0.15, 0.2) is 53.1 Å². The first-order chi connectivity index (χ1) is 17.2. The number of amides is 2. The third-order valence-electron chi connectivity index (χ3n) is 6.12. The fourth-order valence-corrected chi connectivity index (χ4v) is 4.11. The number of nitrogens with one attached hydrogen (secondary N) is 1. The summed E-state index contributed by atoms with van der Waals surface area (Å²) in [6, 6.07) is 8.98.